The Bertz CT molecular complexity index is 601. The average molecular weight is 286 g/mol. The fraction of sp³-hybridized carbons (Fsp3) is 0.375. The molecule has 1 aromatic carbocycles. The molecule has 112 valence electrons. The molecule has 0 aliphatic carbocycles. The predicted molar refractivity (Wildman–Crippen MR) is 82.9 cm³/mol. The van der Waals surface area contributed by atoms with Crippen LogP contribution < -0.4 is 16.0 Å². The maximum absolute atomic E-state index is 5.82. The van der Waals surface area contributed by atoms with E-state index in [4.69, 9.17) is 10.6 Å². The zero-order valence-corrected chi connectivity index (χ0v) is 12.8. The summed E-state index contributed by atoms with van der Waals surface area (Å²) in [6.45, 7) is 6.57. The number of hydrogen-bond donors (Lipinski definition) is 2. The summed E-state index contributed by atoms with van der Waals surface area (Å²) < 4.78 is 5.71. The lowest BCUT2D eigenvalue weighted by Gasteiger charge is -2.21. The minimum absolute atomic E-state index is 0.170. The molecule has 3 N–H and O–H groups in total. The Hall–Kier alpha value is -1.98. The number of hydrogen-bond acceptors (Lipinski definition) is 5. The van der Waals surface area contributed by atoms with Crippen LogP contribution >= 0.6 is 0 Å². The van der Waals surface area contributed by atoms with Crippen LogP contribution in [0.3, 0.4) is 0 Å². The van der Waals surface area contributed by atoms with E-state index in [0.29, 0.717) is 6.61 Å². The van der Waals surface area contributed by atoms with E-state index in [9.17, 15) is 0 Å². The van der Waals surface area contributed by atoms with Crippen LogP contribution in [0.1, 0.15) is 42.4 Å². The van der Waals surface area contributed by atoms with E-state index < -0.39 is 0 Å². The standard InChI is InChI=1S/C16H22N4O/c1-4-14-13(10-11(3)19-20-14)16(18-17)12-8-6-7-9-15(12)21-5-2/h6-10,16,18H,4-5,17H2,1-3H3. The highest BCUT2D eigenvalue weighted by Gasteiger charge is 2.20. The second kappa shape index (κ2) is 7.15. The van der Waals surface area contributed by atoms with E-state index in [0.717, 1.165) is 34.7 Å². The Morgan fingerprint density at radius 1 is 1.19 bits per heavy atom. The number of para-hydroxylation sites is 1. The molecule has 0 spiro atoms. The Balaban J connectivity index is 2.52. The largest absolute Gasteiger partial charge is 0.494 e. The van der Waals surface area contributed by atoms with Crippen molar-refractivity contribution in [3.63, 3.8) is 0 Å². The fourth-order valence-corrected chi connectivity index (χ4v) is 2.41. The van der Waals surface area contributed by atoms with E-state index in [1.54, 1.807) is 0 Å². The van der Waals surface area contributed by atoms with Crippen LogP contribution in [0.2, 0.25) is 0 Å². The number of aromatic nitrogens is 2. The molecule has 0 amide bonds. The lowest BCUT2D eigenvalue weighted by atomic mass is 9.96. The van der Waals surface area contributed by atoms with Gasteiger partial charge in [-0.3, -0.25) is 5.84 Å². The number of hydrazine groups is 1. The highest BCUT2D eigenvalue weighted by atomic mass is 16.5. The first-order chi connectivity index (χ1) is 10.2. The minimum atomic E-state index is -0.170. The van der Waals surface area contributed by atoms with Gasteiger partial charge in [0.05, 0.1) is 24.0 Å². The highest BCUT2D eigenvalue weighted by molar-refractivity contribution is 5.42. The van der Waals surface area contributed by atoms with Crippen LogP contribution in [0.4, 0.5) is 0 Å². The van der Waals surface area contributed by atoms with Crippen molar-refractivity contribution >= 4 is 0 Å². The van der Waals surface area contributed by atoms with Gasteiger partial charge in [0, 0.05) is 11.1 Å². The van der Waals surface area contributed by atoms with Gasteiger partial charge in [0.2, 0.25) is 0 Å². The van der Waals surface area contributed by atoms with E-state index in [2.05, 4.69) is 22.5 Å². The number of rotatable bonds is 6. The molecule has 0 radical (unpaired) electrons. The Morgan fingerprint density at radius 3 is 2.62 bits per heavy atom. The topological polar surface area (TPSA) is 73.1 Å². The molecule has 1 aromatic heterocycles. The molecule has 0 saturated heterocycles. The lowest BCUT2D eigenvalue weighted by molar-refractivity contribution is 0.333. The first-order valence-corrected chi connectivity index (χ1v) is 7.22. The molecule has 1 unspecified atom stereocenters. The van der Waals surface area contributed by atoms with Crippen LogP contribution in [-0.4, -0.2) is 16.8 Å². The number of nitrogens with one attached hydrogen (secondary N) is 1. The normalized spacial score (nSPS) is 12.2. The number of nitrogens with two attached hydrogens (primary N) is 1. The van der Waals surface area contributed by atoms with Crippen LogP contribution in [-0.2, 0) is 6.42 Å². The van der Waals surface area contributed by atoms with Gasteiger partial charge in [-0.25, -0.2) is 5.43 Å². The van der Waals surface area contributed by atoms with Crippen molar-refractivity contribution in [3.8, 4) is 5.75 Å². The summed E-state index contributed by atoms with van der Waals surface area (Å²) in [6.07, 6.45) is 0.803. The summed E-state index contributed by atoms with van der Waals surface area (Å²) in [7, 11) is 0. The fourth-order valence-electron chi connectivity index (χ4n) is 2.41. The van der Waals surface area contributed by atoms with Crippen molar-refractivity contribution in [3.05, 3.63) is 52.8 Å². The van der Waals surface area contributed by atoms with Crippen molar-refractivity contribution in [1.29, 1.82) is 0 Å². The maximum Gasteiger partial charge on any atom is 0.124 e. The molecule has 5 heteroatoms. The summed E-state index contributed by atoms with van der Waals surface area (Å²) in [5.41, 5.74) is 6.74. The van der Waals surface area contributed by atoms with Gasteiger partial charge in [0.15, 0.2) is 0 Å². The average Bonchev–Trinajstić information content (AvgIpc) is 2.50. The van der Waals surface area contributed by atoms with E-state index in [1.807, 2.05) is 44.2 Å². The summed E-state index contributed by atoms with van der Waals surface area (Å²) >= 11 is 0. The highest BCUT2D eigenvalue weighted by Crippen LogP contribution is 2.31. The van der Waals surface area contributed by atoms with Crippen LogP contribution in [0, 0.1) is 6.92 Å². The zero-order valence-electron chi connectivity index (χ0n) is 12.8. The van der Waals surface area contributed by atoms with Gasteiger partial charge in [-0.1, -0.05) is 25.1 Å². The molecule has 0 saturated carbocycles. The van der Waals surface area contributed by atoms with Crippen molar-refractivity contribution in [2.45, 2.75) is 33.2 Å². The van der Waals surface area contributed by atoms with Gasteiger partial charge < -0.3 is 4.74 Å². The molecule has 5 nitrogen and oxygen atoms in total. The first-order valence-electron chi connectivity index (χ1n) is 7.22. The van der Waals surface area contributed by atoms with E-state index in [1.165, 1.54) is 0 Å². The lowest BCUT2D eigenvalue weighted by Crippen LogP contribution is -2.30. The van der Waals surface area contributed by atoms with Crippen molar-refractivity contribution in [2.75, 3.05) is 6.61 Å². The summed E-state index contributed by atoms with van der Waals surface area (Å²) in [4.78, 5) is 0. The molecule has 1 atom stereocenters. The van der Waals surface area contributed by atoms with Gasteiger partial charge >= 0.3 is 0 Å². The summed E-state index contributed by atoms with van der Waals surface area (Å²) in [5.74, 6) is 6.65. The van der Waals surface area contributed by atoms with Crippen molar-refractivity contribution in [2.24, 2.45) is 5.84 Å². The van der Waals surface area contributed by atoms with Gasteiger partial charge in [0.1, 0.15) is 5.75 Å². The van der Waals surface area contributed by atoms with Crippen molar-refractivity contribution in [1.82, 2.24) is 15.6 Å². The van der Waals surface area contributed by atoms with Crippen molar-refractivity contribution < 1.29 is 4.74 Å². The van der Waals surface area contributed by atoms with Gasteiger partial charge in [-0.05, 0) is 32.4 Å². The monoisotopic (exact) mass is 286 g/mol. The van der Waals surface area contributed by atoms with Crippen LogP contribution in [0.5, 0.6) is 5.75 Å². The molecular formula is C16H22N4O. The van der Waals surface area contributed by atoms with E-state index >= 15 is 0 Å². The first kappa shape index (κ1) is 15.4. The second-order valence-corrected chi connectivity index (χ2v) is 4.81. The van der Waals surface area contributed by atoms with Crippen LogP contribution in [0.25, 0.3) is 0 Å². The molecule has 2 rings (SSSR count). The third-order valence-electron chi connectivity index (χ3n) is 3.37. The Labute approximate surface area is 125 Å². The number of aryl methyl sites for hydroxylation is 2. The SMILES string of the molecule is CCOc1ccccc1C(NN)c1cc(C)nnc1CC. The Kier molecular flexibility index (Phi) is 5.25. The Morgan fingerprint density at radius 2 is 1.95 bits per heavy atom. The summed E-state index contributed by atoms with van der Waals surface area (Å²) in [5, 5.41) is 8.41. The molecule has 0 fully saturated rings. The molecular weight excluding hydrogens is 264 g/mol. The molecule has 0 aliphatic rings. The molecule has 1 heterocycles. The maximum atomic E-state index is 5.82. The summed E-state index contributed by atoms with van der Waals surface area (Å²) in [6, 6.07) is 9.77. The van der Waals surface area contributed by atoms with E-state index in [-0.39, 0.29) is 6.04 Å². The molecule has 2 aromatic rings. The number of nitrogens with zero attached hydrogens (tertiary/aromatic N) is 2. The molecule has 21 heavy (non-hydrogen) atoms. The third kappa shape index (κ3) is 3.37. The third-order valence-corrected chi connectivity index (χ3v) is 3.37. The smallest absolute Gasteiger partial charge is 0.124 e. The predicted octanol–water partition coefficient (Wildman–Crippen LogP) is 2.30. The van der Waals surface area contributed by atoms with Gasteiger partial charge in [-0.15, -0.1) is 0 Å². The molecule has 0 aliphatic heterocycles. The molecule has 0 bridgehead atoms. The second-order valence-electron chi connectivity index (χ2n) is 4.81. The number of benzene rings is 1. The quantitative estimate of drug-likeness (QED) is 0.629. The van der Waals surface area contributed by atoms with Gasteiger partial charge in [-0.2, -0.15) is 10.2 Å². The van der Waals surface area contributed by atoms with Crippen LogP contribution in [0.15, 0.2) is 30.3 Å². The minimum Gasteiger partial charge on any atom is -0.494 e. The number of ether oxygens (including phenoxy) is 1. The van der Waals surface area contributed by atoms with Gasteiger partial charge in [0.25, 0.3) is 0 Å². The zero-order chi connectivity index (χ0) is 15.2.